The van der Waals surface area contributed by atoms with Crippen molar-refractivity contribution in [1.29, 1.82) is 0 Å². The summed E-state index contributed by atoms with van der Waals surface area (Å²) in [5.41, 5.74) is 2.31. The number of nitrogens with zero attached hydrogens (tertiary/aromatic N) is 5. The van der Waals surface area contributed by atoms with Gasteiger partial charge in [0, 0.05) is 21.2 Å². The standard InChI is InChI=1S/C17H17Cl2FN4O2S.C17H16ClFN4O2S/c1-7(2)12-13(11(27-4)5-8(3)21-12)22-17(26)24-16(25)9-6-10(20)15(19)23-14(9)18;1-7(2)12-13(11(26-4)5-8(3)20-12)23-15-9(16(24)22-17(23)25)6-10(19)14(18)21-15/h5-7H,1-4H3,(H2,22,24,25,26);5-7H,1-4H3,(H,22,24,25). The minimum absolute atomic E-state index is 0.000554. The monoisotopic (exact) mass is 824 g/mol. The van der Waals surface area contributed by atoms with Gasteiger partial charge in [0.25, 0.3) is 11.5 Å². The number of halogens is 5. The molecule has 53 heavy (non-hydrogen) atoms. The maximum atomic E-state index is 13.8. The Morgan fingerprint density at radius 1 is 0.792 bits per heavy atom. The summed E-state index contributed by atoms with van der Waals surface area (Å²) in [6.45, 7) is 11.5. The van der Waals surface area contributed by atoms with Crippen LogP contribution in [0.15, 0.2) is 43.6 Å². The molecule has 3 N–H and O–H groups in total. The molecule has 0 atom stereocenters. The van der Waals surface area contributed by atoms with Crippen molar-refractivity contribution in [3.63, 3.8) is 0 Å². The predicted octanol–water partition coefficient (Wildman–Crippen LogP) is 8.45. The van der Waals surface area contributed by atoms with Gasteiger partial charge in [-0.25, -0.2) is 32.9 Å². The largest absolute Gasteiger partial charge is 0.334 e. The van der Waals surface area contributed by atoms with E-state index in [9.17, 15) is 28.0 Å². The molecule has 5 aromatic heterocycles. The summed E-state index contributed by atoms with van der Waals surface area (Å²) in [5, 5.41) is 3.51. The van der Waals surface area contributed by atoms with Crippen LogP contribution in [0, 0.1) is 25.5 Å². The van der Waals surface area contributed by atoms with Crippen LogP contribution in [0.2, 0.25) is 15.5 Å². The van der Waals surface area contributed by atoms with Gasteiger partial charge in [0.05, 0.1) is 33.7 Å². The molecule has 12 nitrogen and oxygen atoms in total. The van der Waals surface area contributed by atoms with E-state index in [2.05, 4.69) is 35.6 Å². The van der Waals surface area contributed by atoms with Gasteiger partial charge < -0.3 is 5.32 Å². The van der Waals surface area contributed by atoms with Gasteiger partial charge in [-0.1, -0.05) is 62.5 Å². The molecule has 0 unspecified atom stereocenters. The van der Waals surface area contributed by atoms with Gasteiger partial charge in [0.15, 0.2) is 27.6 Å². The Morgan fingerprint density at radius 2 is 1.34 bits per heavy atom. The highest BCUT2D eigenvalue weighted by molar-refractivity contribution is 7.99. The van der Waals surface area contributed by atoms with Gasteiger partial charge in [-0.2, -0.15) is 0 Å². The van der Waals surface area contributed by atoms with Crippen LogP contribution >= 0.6 is 58.3 Å². The minimum Gasteiger partial charge on any atom is -0.305 e. The number of anilines is 1. The molecule has 0 aliphatic heterocycles. The molecule has 19 heteroatoms. The Labute approximate surface area is 325 Å². The zero-order valence-corrected chi connectivity index (χ0v) is 33.4. The van der Waals surface area contributed by atoms with Crippen LogP contribution in [0.5, 0.6) is 0 Å². The molecule has 5 rings (SSSR count). The van der Waals surface area contributed by atoms with E-state index in [1.807, 2.05) is 66.2 Å². The number of carbonyl (C=O) groups excluding carboxylic acids is 2. The fourth-order valence-electron chi connectivity index (χ4n) is 5.05. The third-order valence-electron chi connectivity index (χ3n) is 7.40. The van der Waals surface area contributed by atoms with Crippen molar-refractivity contribution in [2.24, 2.45) is 0 Å². The summed E-state index contributed by atoms with van der Waals surface area (Å²) >= 11 is 20.0. The Morgan fingerprint density at radius 3 is 1.92 bits per heavy atom. The molecule has 0 aromatic carbocycles. The Kier molecular flexibility index (Phi) is 13.7. The molecule has 0 radical (unpaired) electrons. The number of aromatic nitrogens is 6. The van der Waals surface area contributed by atoms with Crippen molar-refractivity contribution in [3.05, 3.63) is 101 Å². The van der Waals surface area contributed by atoms with Crippen molar-refractivity contribution in [3.8, 4) is 5.69 Å². The number of rotatable bonds is 7. The summed E-state index contributed by atoms with van der Waals surface area (Å²) in [7, 11) is 0. The second kappa shape index (κ2) is 17.4. The van der Waals surface area contributed by atoms with E-state index in [1.54, 1.807) is 0 Å². The van der Waals surface area contributed by atoms with Crippen LogP contribution < -0.4 is 21.9 Å². The lowest BCUT2D eigenvalue weighted by Crippen LogP contribution is -2.35. The predicted molar refractivity (Wildman–Crippen MR) is 207 cm³/mol. The maximum absolute atomic E-state index is 13.8. The molecule has 280 valence electrons. The van der Waals surface area contributed by atoms with Crippen LogP contribution in [0.4, 0.5) is 19.3 Å². The van der Waals surface area contributed by atoms with E-state index in [1.165, 1.54) is 28.1 Å². The molecule has 0 bridgehead atoms. The Balaban J connectivity index is 0.000000237. The first-order valence-electron chi connectivity index (χ1n) is 15.6. The molecule has 5 aromatic rings. The number of aryl methyl sites for hydroxylation is 2. The molecule has 5 heterocycles. The molecule has 0 aliphatic carbocycles. The molecular formula is C34H33Cl3F2N8O4S2. The smallest absolute Gasteiger partial charge is 0.305 e. The van der Waals surface area contributed by atoms with E-state index in [-0.39, 0.29) is 33.6 Å². The number of nitrogens with one attached hydrogen (secondary N) is 3. The molecule has 0 fully saturated rings. The van der Waals surface area contributed by atoms with Crippen molar-refractivity contribution >= 4 is 87.0 Å². The van der Waals surface area contributed by atoms with E-state index >= 15 is 0 Å². The number of urea groups is 1. The topological polar surface area (TPSA) is 165 Å². The highest BCUT2D eigenvalue weighted by atomic mass is 35.5. The number of amides is 3. The molecular weight excluding hydrogens is 793 g/mol. The summed E-state index contributed by atoms with van der Waals surface area (Å²) < 4.78 is 28.6. The zero-order chi connectivity index (χ0) is 39.5. The molecule has 0 saturated carbocycles. The quantitative estimate of drug-likeness (QED) is 0.107. The van der Waals surface area contributed by atoms with Crippen LogP contribution in [0.25, 0.3) is 16.7 Å². The number of pyridine rings is 4. The summed E-state index contributed by atoms with van der Waals surface area (Å²) in [5.74, 6) is -2.60. The Bertz CT molecular complexity index is 2370. The van der Waals surface area contributed by atoms with Crippen molar-refractivity contribution in [2.45, 2.75) is 63.2 Å². The normalized spacial score (nSPS) is 11.2. The van der Waals surface area contributed by atoms with Crippen molar-refractivity contribution in [1.82, 2.24) is 34.8 Å². The number of carbonyl (C=O) groups is 2. The summed E-state index contributed by atoms with van der Waals surface area (Å²) in [4.78, 5) is 69.7. The maximum Gasteiger partial charge on any atom is 0.334 e. The van der Waals surface area contributed by atoms with Gasteiger partial charge in [-0.05, 0) is 62.5 Å². The molecule has 0 saturated heterocycles. The first kappa shape index (κ1) is 41.7. The highest BCUT2D eigenvalue weighted by Crippen LogP contribution is 2.34. The SMILES string of the molecule is CSc1cc(C)nc(C(C)C)c1-n1c(=O)[nH]c(=O)c2cc(F)c(Cl)nc21.CSc1cc(C)nc(C(C)C)c1NC(=O)NC(=O)c1cc(F)c(Cl)nc1Cl. The van der Waals surface area contributed by atoms with Gasteiger partial charge in [-0.15, -0.1) is 23.5 Å². The molecule has 3 amide bonds. The van der Waals surface area contributed by atoms with Crippen molar-refractivity contribution in [2.75, 3.05) is 17.8 Å². The fraction of sp³-hybridized carbons (Fsp3) is 0.294. The second-order valence-corrected chi connectivity index (χ2v) is 14.7. The lowest BCUT2D eigenvalue weighted by Gasteiger charge is -2.19. The van der Waals surface area contributed by atoms with Crippen LogP contribution in [-0.4, -0.2) is 53.9 Å². The average Bonchev–Trinajstić information content (AvgIpc) is 3.08. The first-order chi connectivity index (χ1) is 24.9. The summed E-state index contributed by atoms with van der Waals surface area (Å²) in [6, 6.07) is 4.69. The van der Waals surface area contributed by atoms with Crippen LogP contribution in [-0.2, 0) is 0 Å². The fourth-order valence-corrected chi connectivity index (χ4v) is 6.92. The van der Waals surface area contributed by atoms with Gasteiger partial charge in [-0.3, -0.25) is 29.9 Å². The average molecular weight is 826 g/mol. The van der Waals surface area contributed by atoms with Gasteiger partial charge in [0.2, 0.25) is 0 Å². The van der Waals surface area contributed by atoms with Crippen molar-refractivity contribution < 1.29 is 18.4 Å². The lowest BCUT2D eigenvalue weighted by atomic mass is 10.1. The third kappa shape index (κ3) is 9.35. The van der Waals surface area contributed by atoms with Crippen LogP contribution in [0.3, 0.4) is 0 Å². The van der Waals surface area contributed by atoms with E-state index in [0.717, 1.165) is 33.3 Å². The first-order valence-corrected chi connectivity index (χ1v) is 19.2. The zero-order valence-electron chi connectivity index (χ0n) is 29.5. The van der Waals surface area contributed by atoms with E-state index < -0.39 is 45.1 Å². The number of thioether (sulfide) groups is 2. The number of H-pyrrole nitrogens is 1. The van der Waals surface area contributed by atoms with Gasteiger partial charge in [0.1, 0.15) is 5.15 Å². The van der Waals surface area contributed by atoms with E-state index in [4.69, 9.17) is 34.8 Å². The van der Waals surface area contributed by atoms with Crippen LogP contribution in [0.1, 0.15) is 72.7 Å². The number of hydrogen-bond acceptors (Lipinski definition) is 10. The highest BCUT2D eigenvalue weighted by Gasteiger charge is 2.23. The number of aromatic amines is 1. The Hall–Kier alpha value is -4.09. The lowest BCUT2D eigenvalue weighted by molar-refractivity contribution is 0.0966. The third-order valence-corrected chi connectivity index (χ3v) is 9.73. The van der Waals surface area contributed by atoms with Gasteiger partial charge >= 0.3 is 11.7 Å². The summed E-state index contributed by atoms with van der Waals surface area (Å²) in [6.07, 6.45) is 3.75. The molecule has 0 spiro atoms. The minimum atomic E-state index is -0.916. The van der Waals surface area contributed by atoms with E-state index in [0.29, 0.717) is 22.8 Å². The number of imide groups is 1. The number of fused-ring (bicyclic) bond motifs is 1. The molecule has 0 aliphatic rings. The second-order valence-electron chi connectivity index (χ2n) is 12.0. The number of hydrogen-bond donors (Lipinski definition) is 3.